The highest BCUT2D eigenvalue weighted by Crippen LogP contribution is 2.19. The summed E-state index contributed by atoms with van der Waals surface area (Å²) in [4.78, 5) is 8.33. The first-order valence-corrected chi connectivity index (χ1v) is 5.76. The number of para-hydroxylation sites is 2. The summed E-state index contributed by atoms with van der Waals surface area (Å²) in [6.07, 6.45) is 3.33. The van der Waals surface area contributed by atoms with Crippen molar-refractivity contribution >= 4 is 11.5 Å². The molecule has 3 N–H and O–H groups in total. The van der Waals surface area contributed by atoms with E-state index in [9.17, 15) is 0 Å². The zero-order valence-corrected chi connectivity index (χ0v) is 10.3. The van der Waals surface area contributed by atoms with Gasteiger partial charge in [-0.05, 0) is 19.1 Å². The minimum absolute atomic E-state index is 0.518. The number of benzene rings is 1. The first-order chi connectivity index (χ1) is 8.77. The molecule has 5 heteroatoms. The number of rotatable bonds is 5. The molecule has 94 valence electrons. The Bertz CT molecular complexity index is 468. The summed E-state index contributed by atoms with van der Waals surface area (Å²) < 4.78 is 5.56. The van der Waals surface area contributed by atoms with Crippen LogP contribution in [0.3, 0.4) is 0 Å². The van der Waals surface area contributed by atoms with Gasteiger partial charge in [0.05, 0.1) is 17.9 Å². The van der Waals surface area contributed by atoms with Crippen LogP contribution in [-0.4, -0.2) is 23.1 Å². The summed E-state index contributed by atoms with van der Waals surface area (Å²) in [7, 11) is 0. The van der Waals surface area contributed by atoms with E-state index in [1.165, 1.54) is 0 Å². The summed E-state index contributed by atoms with van der Waals surface area (Å²) in [6, 6.07) is 7.44. The van der Waals surface area contributed by atoms with Crippen molar-refractivity contribution < 1.29 is 4.74 Å². The Labute approximate surface area is 106 Å². The third kappa shape index (κ3) is 3.10. The normalized spacial score (nSPS) is 10.1. The number of aryl methyl sites for hydroxylation is 1. The molecule has 18 heavy (non-hydrogen) atoms. The van der Waals surface area contributed by atoms with Gasteiger partial charge in [-0.25, -0.2) is 4.98 Å². The second-order valence-electron chi connectivity index (χ2n) is 3.80. The predicted octanol–water partition coefficient (Wildman–Crippen LogP) is 1.86. The van der Waals surface area contributed by atoms with E-state index in [-0.39, 0.29) is 0 Å². The smallest absolute Gasteiger partial charge is 0.147 e. The van der Waals surface area contributed by atoms with Gasteiger partial charge in [-0.3, -0.25) is 4.98 Å². The topological polar surface area (TPSA) is 73.1 Å². The second-order valence-corrected chi connectivity index (χ2v) is 3.80. The number of nitrogen functional groups attached to an aromatic ring is 1. The molecule has 1 heterocycles. The third-order valence-electron chi connectivity index (χ3n) is 2.45. The molecule has 0 radical (unpaired) electrons. The van der Waals surface area contributed by atoms with Gasteiger partial charge in [0, 0.05) is 12.4 Å². The highest BCUT2D eigenvalue weighted by atomic mass is 16.5. The molecule has 1 aromatic heterocycles. The van der Waals surface area contributed by atoms with Gasteiger partial charge in [0.15, 0.2) is 0 Å². The van der Waals surface area contributed by atoms with Crippen molar-refractivity contribution in [3.05, 3.63) is 42.4 Å². The van der Waals surface area contributed by atoms with Crippen LogP contribution in [0, 0.1) is 6.92 Å². The largest absolute Gasteiger partial charge is 0.490 e. The zero-order chi connectivity index (χ0) is 12.8. The SMILES string of the molecule is Cc1nccnc1NCCOc1ccccc1N. The molecule has 0 spiro atoms. The van der Waals surface area contributed by atoms with Crippen molar-refractivity contribution in [2.45, 2.75) is 6.92 Å². The monoisotopic (exact) mass is 244 g/mol. The number of aromatic nitrogens is 2. The molecule has 2 rings (SSSR count). The number of hydrogen-bond donors (Lipinski definition) is 2. The number of hydrogen-bond acceptors (Lipinski definition) is 5. The summed E-state index contributed by atoms with van der Waals surface area (Å²) in [5, 5.41) is 3.16. The fourth-order valence-electron chi connectivity index (χ4n) is 1.52. The molecule has 0 unspecified atom stereocenters. The Balaban J connectivity index is 1.80. The van der Waals surface area contributed by atoms with Crippen molar-refractivity contribution in [2.24, 2.45) is 0 Å². The fraction of sp³-hybridized carbons (Fsp3) is 0.231. The van der Waals surface area contributed by atoms with Crippen LogP contribution >= 0.6 is 0 Å². The molecular formula is C13H16N4O. The van der Waals surface area contributed by atoms with Crippen LogP contribution in [0.15, 0.2) is 36.7 Å². The quantitative estimate of drug-likeness (QED) is 0.620. The van der Waals surface area contributed by atoms with Gasteiger partial charge in [0.25, 0.3) is 0 Å². The highest BCUT2D eigenvalue weighted by Gasteiger charge is 2.00. The number of nitrogens with two attached hydrogens (primary N) is 1. The molecule has 0 saturated heterocycles. The Morgan fingerprint density at radius 2 is 2.00 bits per heavy atom. The molecule has 5 nitrogen and oxygen atoms in total. The van der Waals surface area contributed by atoms with Crippen LogP contribution in [-0.2, 0) is 0 Å². The van der Waals surface area contributed by atoms with Crippen LogP contribution in [0.25, 0.3) is 0 Å². The van der Waals surface area contributed by atoms with Gasteiger partial charge in [-0.2, -0.15) is 0 Å². The summed E-state index contributed by atoms with van der Waals surface area (Å²) in [5.74, 6) is 1.48. The molecular weight excluding hydrogens is 228 g/mol. The van der Waals surface area contributed by atoms with E-state index in [1.807, 2.05) is 31.2 Å². The molecule has 0 atom stereocenters. The van der Waals surface area contributed by atoms with E-state index in [2.05, 4.69) is 15.3 Å². The lowest BCUT2D eigenvalue weighted by Crippen LogP contribution is -2.13. The van der Waals surface area contributed by atoms with Crippen LogP contribution in [0.2, 0.25) is 0 Å². The van der Waals surface area contributed by atoms with Crippen molar-refractivity contribution in [1.29, 1.82) is 0 Å². The molecule has 1 aromatic carbocycles. The second kappa shape index (κ2) is 5.86. The van der Waals surface area contributed by atoms with E-state index in [4.69, 9.17) is 10.5 Å². The van der Waals surface area contributed by atoms with E-state index in [0.717, 1.165) is 11.5 Å². The molecule has 0 aliphatic carbocycles. The van der Waals surface area contributed by atoms with Crippen LogP contribution < -0.4 is 15.8 Å². The fourth-order valence-corrected chi connectivity index (χ4v) is 1.52. The van der Waals surface area contributed by atoms with E-state index in [0.29, 0.717) is 24.6 Å². The zero-order valence-electron chi connectivity index (χ0n) is 10.3. The Kier molecular flexibility index (Phi) is 3.96. The Hall–Kier alpha value is -2.30. The maximum atomic E-state index is 5.77. The van der Waals surface area contributed by atoms with Crippen molar-refractivity contribution in [3.8, 4) is 5.75 Å². The van der Waals surface area contributed by atoms with E-state index in [1.54, 1.807) is 12.4 Å². The van der Waals surface area contributed by atoms with Crippen molar-refractivity contribution in [1.82, 2.24) is 9.97 Å². The third-order valence-corrected chi connectivity index (χ3v) is 2.45. The van der Waals surface area contributed by atoms with E-state index >= 15 is 0 Å². The lowest BCUT2D eigenvalue weighted by molar-refractivity contribution is 0.334. The predicted molar refractivity (Wildman–Crippen MR) is 71.6 cm³/mol. The molecule has 2 aromatic rings. The summed E-state index contributed by atoms with van der Waals surface area (Å²) >= 11 is 0. The number of anilines is 2. The van der Waals surface area contributed by atoms with Gasteiger partial charge in [0.2, 0.25) is 0 Å². The molecule has 0 bridgehead atoms. The van der Waals surface area contributed by atoms with Crippen LogP contribution in [0.1, 0.15) is 5.69 Å². The maximum absolute atomic E-state index is 5.77. The highest BCUT2D eigenvalue weighted by molar-refractivity contribution is 5.51. The average molecular weight is 244 g/mol. The lowest BCUT2D eigenvalue weighted by atomic mass is 10.3. The van der Waals surface area contributed by atoms with Crippen LogP contribution in [0.4, 0.5) is 11.5 Å². The van der Waals surface area contributed by atoms with Crippen LogP contribution in [0.5, 0.6) is 5.75 Å². The van der Waals surface area contributed by atoms with Gasteiger partial charge in [-0.15, -0.1) is 0 Å². The first-order valence-electron chi connectivity index (χ1n) is 5.76. The minimum atomic E-state index is 0.518. The average Bonchev–Trinajstić information content (AvgIpc) is 2.38. The number of nitrogens with zero attached hydrogens (tertiary/aromatic N) is 2. The maximum Gasteiger partial charge on any atom is 0.147 e. The van der Waals surface area contributed by atoms with Crippen molar-refractivity contribution in [3.63, 3.8) is 0 Å². The number of ether oxygens (including phenoxy) is 1. The van der Waals surface area contributed by atoms with Gasteiger partial charge in [0.1, 0.15) is 18.2 Å². The number of nitrogens with one attached hydrogen (secondary N) is 1. The molecule has 0 fully saturated rings. The molecule has 0 saturated carbocycles. The van der Waals surface area contributed by atoms with Gasteiger partial charge in [-0.1, -0.05) is 12.1 Å². The Morgan fingerprint density at radius 1 is 1.22 bits per heavy atom. The van der Waals surface area contributed by atoms with Gasteiger partial charge < -0.3 is 15.8 Å². The lowest BCUT2D eigenvalue weighted by Gasteiger charge is -2.10. The van der Waals surface area contributed by atoms with E-state index < -0.39 is 0 Å². The van der Waals surface area contributed by atoms with Gasteiger partial charge >= 0.3 is 0 Å². The standard InChI is InChI=1S/C13H16N4O/c1-10-13(16-7-6-15-10)17-8-9-18-12-5-3-2-4-11(12)14/h2-7H,8-9,14H2,1H3,(H,16,17). The molecule has 0 aliphatic rings. The Morgan fingerprint density at radius 3 is 2.78 bits per heavy atom. The summed E-state index contributed by atoms with van der Waals surface area (Å²) in [6.45, 7) is 3.07. The minimum Gasteiger partial charge on any atom is -0.490 e. The molecule has 0 amide bonds. The van der Waals surface area contributed by atoms with Crippen molar-refractivity contribution in [2.75, 3.05) is 24.2 Å². The summed E-state index contributed by atoms with van der Waals surface area (Å²) in [5.41, 5.74) is 7.29. The molecule has 0 aliphatic heterocycles. The first kappa shape index (κ1) is 12.2.